The fourth-order valence-corrected chi connectivity index (χ4v) is 1.42. The lowest BCUT2D eigenvalue weighted by molar-refractivity contribution is -0.384. The summed E-state index contributed by atoms with van der Waals surface area (Å²) in [6, 6.07) is 6.03. The van der Waals surface area contributed by atoms with Crippen LogP contribution in [-0.4, -0.2) is 37.8 Å². The van der Waals surface area contributed by atoms with Gasteiger partial charge in [0.05, 0.1) is 18.1 Å². The summed E-state index contributed by atoms with van der Waals surface area (Å²) >= 11 is 0. The number of nitrogens with zero attached hydrogens (tertiary/aromatic N) is 1. The highest BCUT2D eigenvalue weighted by molar-refractivity contribution is 5.35. The van der Waals surface area contributed by atoms with Crippen LogP contribution in [0.1, 0.15) is 6.92 Å². The summed E-state index contributed by atoms with van der Waals surface area (Å²) in [5, 5.41) is 13.6. The zero-order valence-electron chi connectivity index (χ0n) is 11.6. The maximum Gasteiger partial charge on any atom is 0.269 e. The summed E-state index contributed by atoms with van der Waals surface area (Å²) in [6.07, 6.45) is 0. The van der Waals surface area contributed by atoms with Crippen LogP contribution in [0.4, 0.5) is 5.69 Å². The Labute approximate surface area is 118 Å². The van der Waals surface area contributed by atoms with E-state index < -0.39 is 4.92 Å². The molecule has 0 fully saturated rings. The Morgan fingerprint density at radius 1 is 1.30 bits per heavy atom. The van der Waals surface area contributed by atoms with Crippen molar-refractivity contribution in [2.75, 3.05) is 32.9 Å². The number of rotatable bonds is 10. The first-order valence-corrected chi connectivity index (χ1v) is 6.39. The van der Waals surface area contributed by atoms with Crippen molar-refractivity contribution in [3.63, 3.8) is 0 Å². The second-order valence-electron chi connectivity index (χ2n) is 4.36. The molecule has 0 aliphatic heterocycles. The normalized spacial score (nSPS) is 10.2. The molecule has 0 aromatic heterocycles. The molecule has 1 aromatic rings. The number of hydrogen-bond acceptors (Lipinski definition) is 5. The Morgan fingerprint density at radius 3 is 2.55 bits per heavy atom. The van der Waals surface area contributed by atoms with Gasteiger partial charge in [-0.3, -0.25) is 10.1 Å². The van der Waals surface area contributed by atoms with Crippen molar-refractivity contribution in [3.8, 4) is 5.75 Å². The Kier molecular flexibility index (Phi) is 7.31. The van der Waals surface area contributed by atoms with E-state index in [1.807, 2.05) is 6.92 Å². The van der Waals surface area contributed by atoms with Gasteiger partial charge in [0.2, 0.25) is 0 Å². The number of non-ortho nitro benzene ring substituents is 1. The van der Waals surface area contributed by atoms with Gasteiger partial charge in [-0.05, 0) is 19.1 Å². The first kappa shape index (κ1) is 16.1. The molecule has 0 amide bonds. The molecule has 0 saturated heterocycles. The van der Waals surface area contributed by atoms with Gasteiger partial charge in [-0.2, -0.15) is 0 Å². The highest BCUT2D eigenvalue weighted by atomic mass is 16.6. The molecule has 0 radical (unpaired) electrons. The van der Waals surface area contributed by atoms with Crippen LogP contribution in [0, 0.1) is 10.1 Å². The zero-order chi connectivity index (χ0) is 14.8. The van der Waals surface area contributed by atoms with E-state index >= 15 is 0 Å². The smallest absolute Gasteiger partial charge is 0.269 e. The molecular weight excluding hydrogens is 260 g/mol. The van der Waals surface area contributed by atoms with E-state index in [1.165, 1.54) is 12.1 Å². The SMILES string of the molecule is C=C(C)COCCNCCOc1ccc([N+](=O)[O-])cc1. The van der Waals surface area contributed by atoms with E-state index in [1.54, 1.807) is 12.1 Å². The van der Waals surface area contributed by atoms with E-state index in [2.05, 4.69) is 11.9 Å². The molecule has 1 aromatic carbocycles. The molecule has 0 atom stereocenters. The molecule has 0 spiro atoms. The van der Waals surface area contributed by atoms with Crippen LogP contribution in [-0.2, 0) is 4.74 Å². The average Bonchev–Trinajstić information content (AvgIpc) is 2.42. The van der Waals surface area contributed by atoms with Crippen molar-refractivity contribution in [1.29, 1.82) is 0 Å². The van der Waals surface area contributed by atoms with Crippen molar-refractivity contribution >= 4 is 5.69 Å². The standard InChI is InChI=1S/C14H20N2O4/c1-12(2)11-19-9-7-15-8-10-20-14-5-3-13(4-6-14)16(17)18/h3-6,15H,1,7-11H2,2H3. The summed E-state index contributed by atoms with van der Waals surface area (Å²) < 4.78 is 10.8. The Bertz CT molecular complexity index is 431. The third-order valence-electron chi connectivity index (χ3n) is 2.37. The number of hydrogen-bond donors (Lipinski definition) is 1. The van der Waals surface area contributed by atoms with Crippen LogP contribution in [0.2, 0.25) is 0 Å². The summed E-state index contributed by atoms with van der Waals surface area (Å²) in [7, 11) is 0. The first-order valence-electron chi connectivity index (χ1n) is 6.39. The fraction of sp³-hybridized carbons (Fsp3) is 0.429. The fourth-order valence-electron chi connectivity index (χ4n) is 1.42. The van der Waals surface area contributed by atoms with Crippen molar-refractivity contribution in [3.05, 3.63) is 46.5 Å². The van der Waals surface area contributed by atoms with Crippen molar-refractivity contribution in [2.24, 2.45) is 0 Å². The van der Waals surface area contributed by atoms with E-state index in [0.29, 0.717) is 32.1 Å². The van der Waals surface area contributed by atoms with Gasteiger partial charge in [-0.25, -0.2) is 0 Å². The van der Waals surface area contributed by atoms with Crippen LogP contribution in [0.25, 0.3) is 0 Å². The number of nitrogens with one attached hydrogen (secondary N) is 1. The molecular formula is C14H20N2O4. The highest BCUT2D eigenvalue weighted by Crippen LogP contribution is 2.16. The largest absolute Gasteiger partial charge is 0.492 e. The zero-order valence-corrected chi connectivity index (χ0v) is 11.6. The lowest BCUT2D eigenvalue weighted by Gasteiger charge is -2.08. The second-order valence-corrected chi connectivity index (χ2v) is 4.36. The van der Waals surface area contributed by atoms with Crippen LogP contribution < -0.4 is 10.1 Å². The monoisotopic (exact) mass is 280 g/mol. The molecule has 0 bridgehead atoms. The minimum Gasteiger partial charge on any atom is -0.492 e. The predicted octanol–water partition coefficient (Wildman–Crippen LogP) is 2.16. The molecule has 0 aliphatic rings. The maximum absolute atomic E-state index is 10.5. The lowest BCUT2D eigenvalue weighted by atomic mass is 10.3. The van der Waals surface area contributed by atoms with Gasteiger partial charge in [0, 0.05) is 25.2 Å². The van der Waals surface area contributed by atoms with E-state index in [9.17, 15) is 10.1 Å². The second kappa shape index (κ2) is 9.06. The van der Waals surface area contributed by atoms with Crippen molar-refractivity contribution in [1.82, 2.24) is 5.32 Å². The van der Waals surface area contributed by atoms with E-state index in [0.717, 1.165) is 12.1 Å². The molecule has 0 aliphatic carbocycles. The third-order valence-corrected chi connectivity index (χ3v) is 2.37. The molecule has 1 N–H and O–H groups in total. The lowest BCUT2D eigenvalue weighted by Crippen LogP contribution is -2.25. The molecule has 20 heavy (non-hydrogen) atoms. The van der Waals surface area contributed by atoms with Gasteiger partial charge in [0.25, 0.3) is 5.69 Å². The molecule has 0 unspecified atom stereocenters. The molecule has 6 nitrogen and oxygen atoms in total. The highest BCUT2D eigenvalue weighted by Gasteiger charge is 2.03. The van der Waals surface area contributed by atoms with Crippen LogP contribution in [0.3, 0.4) is 0 Å². The molecule has 1 rings (SSSR count). The summed E-state index contributed by atoms with van der Waals surface area (Å²) in [5.74, 6) is 0.621. The minimum atomic E-state index is -0.434. The summed E-state index contributed by atoms with van der Waals surface area (Å²) in [6.45, 7) is 8.81. The molecule has 110 valence electrons. The number of ether oxygens (including phenoxy) is 2. The third kappa shape index (κ3) is 6.86. The predicted molar refractivity (Wildman–Crippen MR) is 77.1 cm³/mol. The van der Waals surface area contributed by atoms with Gasteiger partial charge >= 0.3 is 0 Å². The maximum atomic E-state index is 10.5. The molecule has 0 saturated carbocycles. The van der Waals surface area contributed by atoms with Gasteiger partial charge < -0.3 is 14.8 Å². The van der Waals surface area contributed by atoms with Crippen LogP contribution in [0.5, 0.6) is 5.75 Å². The van der Waals surface area contributed by atoms with Crippen LogP contribution >= 0.6 is 0 Å². The van der Waals surface area contributed by atoms with E-state index in [4.69, 9.17) is 9.47 Å². The first-order chi connectivity index (χ1) is 9.59. The Morgan fingerprint density at radius 2 is 1.95 bits per heavy atom. The Balaban J connectivity index is 2.06. The van der Waals surface area contributed by atoms with Gasteiger partial charge in [0.15, 0.2) is 0 Å². The topological polar surface area (TPSA) is 73.6 Å². The molecule has 0 heterocycles. The Hall–Kier alpha value is -1.92. The minimum absolute atomic E-state index is 0.0603. The average molecular weight is 280 g/mol. The summed E-state index contributed by atoms with van der Waals surface area (Å²) in [5.41, 5.74) is 1.07. The molecule has 6 heteroatoms. The summed E-state index contributed by atoms with van der Waals surface area (Å²) in [4.78, 5) is 10.0. The van der Waals surface area contributed by atoms with Gasteiger partial charge in [0.1, 0.15) is 12.4 Å². The van der Waals surface area contributed by atoms with Gasteiger partial charge in [-0.15, -0.1) is 0 Å². The van der Waals surface area contributed by atoms with Crippen LogP contribution in [0.15, 0.2) is 36.4 Å². The van der Waals surface area contributed by atoms with E-state index in [-0.39, 0.29) is 5.69 Å². The van der Waals surface area contributed by atoms with Crippen molar-refractivity contribution < 1.29 is 14.4 Å². The van der Waals surface area contributed by atoms with Gasteiger partial charge in [-0.1, -0.05) is 12.2 Å². The number of nitro groups is 1. The number of benzene rings is 1. The van der Waals surface area contributed by atoms with Crippen molar-refractivity contribution in [2.45, 2.75) is 6.92 Å². The number of nitro benzene ring substituents is 1. The quantitative estimate of drug-likeness (QED) is 0.308.